The van der Waals surface area contributed by atoms with E-state index in [-0.39, 0.29) is 6.03 Å². The SMILES string of the molecule is CCCCCNC(=O)NCc1cccc(Br)c1. The van der Waals surface area contributed by atoms with Crippen molar-refractivity contribution in [3.63, 3.8) is 0 Å². The van der Waals surface area contributed by atoms with Gasteiger partial charge < -0.3 is 10.6 Å². The number of carbonyl (C=O) groups is 1. The van der Waals surface area contributed by atoms with Crippen molar-refractivity contribution < 1.29 is 4.79 Å². The van der Waals surface area contributed by atoms with E-state index < -0.39 is 0 Å². The van der Waals surface area contributed by atoms with Gasteiger partial charge in [0.1, 0.15) is 0 Å². The van der Waals surface area contributed by atoms with Crippen molar-refractivity contribution in [3.05, 3.63) is 34.3 Å². The van der Waals surface area contributed by atoms with Crippen molar-refractivity contribution in [3.8, 4) is 0 Å². The predicted octanol–water partition coefficient (Wildman–Crippen LogP) is 3.44. The smallest absolute Gasteiger partial charge is 0.315 e. The number of amides is 2. The summed E-state index contributed by atoms with van der Waals surface area (Å²) in [4.78, 5) is 11.4. The molecule has 0 saturated heterocycles. The lowest BCUT2D eigenvalue weighted by Crippen LogP contribution is -2.35. The van der Waals surface area contributed by atoms with Crippen molar-refractivity contribution in [2.45, 2.75) is 32.7 Å². The number of hydrogen-bond acceptors (Lipinski definition) is 1. The molecule has 0 aromatic heterocycles. The fourth-order valence-corrected chi connectivity index (χ4v) is 1.92. The highest BCUT2D eigenvalue weighted by molar-refractivity contribution is 9.10. The molecule has 0 radical (unpaired) electrons. The predicted molar refractivity (Wildman–Crippen MR) is 73.9 cm³/mol. The Morgan fingerprint density at radius 1 is 1.29 bits per heavy atom. The number of nitrogens with one attached hydrogen (secondary N) is 2. The van der Waals surface area contributed by atoms with Crippen LogP contribution >= 0.6 is 15.9 Å². The number of carbonyl (C=O) groups excluding carboxylic acids is 1. The van der Waals surface area contributed by atoms with Gasteiger partial charge in [-0.25, -0.2) is 4.79 Å². The van der Waals surface area contributed by atoms with Gasteiger partial charge >= 0.3 is 6.03 Å². The number of unbranched alkanes of at least 4 members (excludes halogenated alkanes) is 2. The zero-order chi connectivity index (χ0) is 12.5. The average molecular weight is 299 g/mol. The highest BCUT2D eigenvalue weighted by Crippen LogP contribution is 2.11. The van der Waals surface area contributed by atoms with Crippen LogP contribution in [0.15, 0.2) is 28.7 Å². The summed E-state index contributed by atoms with van der Waals surface area (Å²) < 4.78 is 1.03. The van der Waals surface area contributed by atoms with Crippen molar-refractivity contribution >= 4 is 22.0 Å². The summed E-state index contributed by atoms with van der Waals surface area (Å²) in [6, 6.07) is 7.81. The second-order valence-corrected chi connectivity index (χ2v) is 4.86. The minimum Gasteiger partial charge on any atom is -0.338 e. The molecule has 0 aliphatic carbocycles. The molecule has 0 bridgehead atoms. The maximum absolute atomic E-state index is 11.4. The topological polar surface area (TPSA) is 41.1 Å². The van der Waals surface area contributed by atoms with Crippen LogP contribution in [0.25, 0.3) is 0 Å². The third kappa shape index (κ3) is 6.31. The maximum Gasteiger partial charge on any atom is 0.315 e. The normalized spacial score (nSPS) is 10.0. The largest absolute Gasteiger partial charge is 0.338 e. The Morgan fingerprint density at radius 2 is 2.12 bits per heavy atom. The molecule has 0 aliphatic rings. The second kappa shape index (κ2) is 8.12. The number of benzene rings is 1. The van der Waals surface area contributed by atoms with E-state index in [4.69, 9.17) is 0 Å². The van der Waals surface area contributed by atoms with Crippen LogP contribution < -0.4 is 10.6 Å². The number of hydrogen-bond donors (Lipinski definition) is 2. The zero-order valence-corrected chi connectivity index (χ0v) is 11.7. The third-order valence-corrected chi connectivity index (χ3v) is 2.90. The number of rotatable bonds is 6. The van der Waals surface area contributed by atoms with Gasteiger partial charge in [0.15, 0.2) is 0 Å². The van der Waals surface area contributed by atoms with Crippen LogP contribution in [0.4, 0.5) is 4.79 Å². The minimum atomic E-state index is -0.0962. The lowest BCUT2D eigenvalue weighted by atomic mass is 10.2. The Bertz CT molecular complexity index is 355. The Kier molecular flexibility index (Phi) is 6.70. The van der Waals surface area contributed by atoms with Gasteiger partial charge in [-0.3, -0.25) is 0 Å². The molecule has 0 fully saturated rings. The summed E-state index contributed by atoms with van der Waals surface area (Å²) in [7, 11) is 0. The lowest BCUT2D eigenvalue weighted by molar-refractivity contribution is 0.240. The second-order valence-electron chi connectivity index (χ2n) is 3.95. The zero-order valence-electron chi connectivity index (χ0n) is 10.1. The summed E-state index contributed by atoms with van der Waals surface area (Å²) in [5.74, 6) is 0. The molecule has 1 aromatic carbocycles. The molecule has 94 valence electrons. The van der Waals surface area contributed by atoms with E-state index in [0.717, 1.165) is 29.4 Å². The van der Waals surface area contributed by atoms with Crippen LogP contribution in [-0.2, 0) is 6.54 Å². The fourth-order valence-electron chi connectivity index (χ4n) is 1.47. The molecular weight excluding hydrogens is 280 g/mol. The van der Waals surface area contributed by atoms with E-state index in [1.54, 1.807) is 0 Å². The highest BCUT2D eigenvalue weighted by atomic mass is 79.9. The monoisotopic (exact) mass is 298 g/mol. The van der Waals surface area contributed by atoms with E-state index in [1.165, 1.54) is 6.42 Å². The maximum atomic E-state index is 11.4. The van der Waals surface area contributed by atoms with Gasteiger partial charge in [0.05, 0.1) is 0 Å². The third-order valence-electron chi connectivity index (χ3n) is 2.41. The fraction of sp³-hybridized carbons (Fsp3) is 0.462. The van der Waals surface area contributed by atoms with Crippen LogP contribution in [0.5, 0.6) is 0 Å². The molecule has 2 amide bonds. The molecule has 0 atom stereocenters. The van der Waals surface area contributed by atoms with E-state index in [0.29, 0.717) is 6.54 Å². The molecule has 0 heterocycles. The van der Waals surface area contributed by atoms with Crippen molar-refractivity contribution in [1.29, 1.82) is 0 Å². The number of urea groups is 1. The van der Waals surface area contributed by atoms with Gasteiger partial charge in [0.25, 0.3) is 0 Å². The molecule has 3 nitrogen and oxygen atoms in total. The van der Waals surface area contributed by atoms with Gasteiger partial charge in [-0.15, -0.1) is 0 Å². The highest BCUT2D eigenvalue weighted by Gasteiger charge is 1.99. The first kappa shape index (κ1) is 14.0. The summed E-state index contributed by atoms with van der Waals surface area (Å²) in [5.41, 5.74) is 1.09. The summed E-state index contributed by atoms with van der Waals surface area (Å²) in [5, 5.41) is 5.67. The molecule has 4 heteroatoms. The first-order valence-electron chi connectivity index (χ1n) is 5.98. The van der Waals surface area contributed by atoms with Crippen LogP contribution in [0, 0.1) is 0 Å². The molecule has 0 unspecified atom stereocenters. The molecule has 1 rings (SSSR count). The molecule has 1 aromatic rings. The molecular formula is C13H19BrN2O. The van der Waals surface area contributed by atoms with Gasteiger partial charge in [0, 0.05) is 17.6 Å². The van der Waals surface area contributed by atoms with E-state index in [9.17, 15) is 4.79 Å². The van der Waals surface area contributed by atoms with Crippen molar-refractivity contribution in [2.75, 3.05) is 6.54 Å². The quantitative estimate of drug-likeness (QED) is 0.776. The van der Waals surface area contributed by atoms with Gasteiger partial charge in [-0.05, 0) is 24.1 Å². The van der Waals surface area contributed by atoms with E-state index in [1.807, 2.05) is 24.3 Å². The lowest BCUT2D eigenvalue weighted by Gasteiger charge is -2.07. The van der Waals surface area contributed by atoms with Crippen LogP contribution in [0.3, 0.4) is 0 Å². The van der Waals surface area contributed by atoms with E-state index >= 15 is 0 Å². The molecule has 17 heavy (non-hydrogen) atoms. The first-order chi connectivity index (χ1) is 8.22. The molecule has 0 aliphatic heterocycles. The Balaban J connectivity index is 2.19. The van der Waals surface area contributed by atoms with Crippen molar-refractivity contribution in [1.82, 2.24) is 10.6 Å². The van der Waals surface area contributed by atoms with Crippen molar-refractivity contribution in [2.24, 2.45) is 0 Å². The Hall–Kier alpha value is -1.03. The minimum absolute atomic E-state index is 0.0962. The van der Waals surface area contributed by atoms with Crippen LogP contribution in [0.2, 0.25) is 0 Å². The molecule has 2 N–H and O–H groups in total. The van der Waals surface area contributed by atoms with Gasteiger partial charge in [-0.2, -0.15) is 0 Å². The summed E-state index contributed by atoms with van der Waals surface area (Å²) in [6.45, 7) is 3.45. The average Bonchev–Trinajstić information content (AvgIpc) is 2.32. The van der Waals surface area contributed by atoms with E-state index in [2.05, 4.69) is 33.5 Å². The van der Waals surface area contributed by atoms with Gasteiger partial charge in [0.2, 0.25) is 0 Å². The summed E-state index contributed by atoms with van der Waals surface area (Å²) >= 11 is 3.40. The molecule has 0 spiro atoms. The molecule has 0 saturated carbocycles. The van der Waals surface area contributed by atoms with Gasteiger partial charge in [-0.1, -0.05) is 47.8 Å². The Morgan fingerprint density at radius 3 is 2.82 bits per heavy atom. The first-order valence-corrected chi connectivity index (χ1v) is 6.78. The van der Waals surface area contributed by atoms with Crippen LogP contribution in [0.1, 0.15) is 31.7 Å². The summed E-state index contributed by atoms with van der Waals surface area (Å²) in [6.07, 6.45) is 3.37. The Labute approximate surface area is 111 Å². The standard InChI is InChI=1S/C13H19BrN2O/c1-2-3-4-8-15-13(17)16-10-11-6-5-7-12(14)9-11/h5-7,9H,2-4,8,10H2,1H3,(H2,15,16,17). The van der Waals surface area contributed by atoms with Crippen LogP contribution in [-0.4, -0.2) is 12.6 Å². The number of halogens is 1.